The van der Waals surface area contributed by atoms with Crippen LogP contribution in [0.4, 0.5) is 22.0 Å². The van der Waals surface area contributed by atoms with Crippen LogP contribution in [0.25, 0.3) is 0 Å². The summed E-state index contributed by atoms with van der Waals surface area (Å²) in [7, 11) is -3.28. The SMILES string of the molecule is C=CC(=O)NC(C)(C)C.CC(C)(C)N1CC1.CC(C)(C)OS(C)(=O)=O.CCC(O)COc1ccc(C(C)(C)c2ccc(OCC(F)(F)C(F)(F)F)cc2)cc1. The summed E-state index contributed by atoms with van der Waals surface area (Å²) in [5.41, 5.74) is 1.00. The summed E-state index contributed by atoms with van der Waals surface area (Å²) in [6, 6.07) is 13.3. The Morgan fingerprint density at radius 2 is 1.25 bits per heavy atom. The van der Waals surface area contributed by atoms with Crippen molar-refractivity contribution in [3.63, 3.8) is 0 Å². The van der Waals surface area contributed by atoms with Crippen LogP contribution in [0.15, 0.2) is 61.2 Å². The fourth-order valence-electron chi connectivity index (χ4n) is 4.26. The quantitative estimate of drug-likeness (QED) is 0.100. The fraction of sp³-hybridized carbons (Fsp3) is 0.625. The number of halogens is 5. The van der Waals surface area contributed by atoms with E-state index in [1.54, 1.807) is 45.0 Å². The highest BCUT2D eigenvalue weighted by atomic mass is 32.2. The first-order valence-electron chi connectivity index (χ1n) is 17.8. The van der Waals surface area contributed by atoms with Crippen LogP contribution < -0.4 is 14.8 Å². The van der Waals surface area contributed by atoms with E-state index in [9.17, 15) is 40.3 Å². The molecule has 2 aromatic rings. The smallest absolute Gasteiger partial charge is 0.456 e. The number of nitrogens with zero attached hydrogens (tertiary/aromatic N) is 1. The van der Waals surface area contributed by atoms with E-state index in [2.05, 4.69) is 46.5 Å². The average molecular weight is 811 g/mol. The first-order chi connectivity index (χ1) is 24.6. The van der Waals surface area contributed by atoms with Crippen molar-refractivity contribution in [2.45, 2.75) is 130 Å². The van der Waals surface area contributed by atoms with Gasteiger partial charge in [0.15, 0.2) is 6.61 Å². The van der Waals surface area contributed by atoms with E-state index in [0.29, 0.717) is 17.7 Å². The molecule has 0 aromatic heterocycles. The molecule has 15 heteroatoms. The molecule has 1 saturated heterocycles. The summed E-state index contributed by atoms with van der Waals surface area (Å²) in [6.45, 7) is 27.7. The lowest BCUT2D eigenvalue weighted by Crippen LogP contribution is -2.41. The molecular weight excluding hydrogens is 748 g/mol. The molecule has 1 atom stereocenters. The van der Waals surface area contributed by atoms with Gasteiger partial charge >= 0.3 is 12.1 Å². The minimum absolute atomic E-state index is 0.0725. The summed E-state index contributed by atoms with van der Waals surface area (Å²) >= 11 is 0. The Labute approximate surface area is 325 Å². The van der Waals surface area contributed by atoms with E-state index < -0.39 is 45.9 Å². The lowest BCUT2D eigenvalue weighted by atomic mass is 9.78. The molecule has 1 fully saturated rings. The second kappa shape index (κ2) is 20.8. The van der Waals surface area contributed by atoms with Gasteiger partial charge in [0.05, 0.1) is 18.0 Å². The zero-order valence-corrected chi connectivity index (χ0v) is 35.5. The molecule has 55 heavy (non-hydrogen) atoms. The van der Waals surface area contributed by atoms with Crippen molar-refractivity contribution in [2.75, 3.05) is 32.6 Å². The zero-order chi connectivity index (χ0) is 43.3. The highest BCUT2D eigenvalue weighted by Gasteiger charge is 2.58. The van der Waals surface area contributed by atoms with Gasteiger partial charge < -0.3 is 19.9 Å². The number of hydrogen-bond acceptors (Lipinski definition) is 8. The van der Waals surface area contributed by atoms with Crippen molar-refractivity contribution < 1.29 is 53.9 Å². The number of hydrogen-bond donors (Lipinski definition) is 2. The molecule has 2 N–H and O–H groups in total. The van der Waals surface area contributed by atoms with E-state index >= 15 is 0 Å². The van der Waals surface area contributed by atoms with Gasteiger partial charge in [-0.1, -0.05) is 51.6 Å². The monoisotopic (exact) mass is 810 g/mol. The first kappa shape index (κ1) is 51.7. The Balaban J connectivity index is 0.000000936. The Bertz CT molecular complexity index is 1560. The molecule has 0 aliphatic carbocycles. The van der Waals surface area contributed by atoms with E-state index in [4.69, 9.17) is 4.74 Å². The van der Waals surface area contributed by atoms with Crippen LogP contribution >= 0.6 is 0 Å². The van der Waals surface area contributed by atoms with Crippen molar-refractivity contribution >= 4 is 16.0 Å². The van der Waals surface area contributed by atoms with E-state index in [0.717, 1.165) is 17.4 Å². The Hall–Kier alpha value is -3.27. The number of carbonyl (C=O) groups excluding carboxylic acids is 1. The van der Waals surface area contributed by atoms with Crippen LogP contribution in [0, 0.1) is 0 Å². The average Bonchev–Trinajstić information content (AvgIpc) is 3.87. The number of aliphatic hydroxyl groups excluding tert-OH is 1. The maximum Gasteiger partial charge on any atom is 0.456 e. The van der Waals surface area contributed by atoms with Crippen molar-refractivity contribution in [1.29, 1.82) is 0 Å². The summed E-state index contributed by atoms with van der Waals surface area (Å²) in [6.07, 6.45) is -3.28. The van der Waals surface area contributed by atoms with Crippen molar-refractivity contribution in [1.82, 2.24) is 10.2 Å². The van der Waals surface area contributed by atoms with Gasteiger partial charge in [-0.15, -0.1) is 0 Å². The maximum absolute atomic E-state index is 13.0. The molecule has 3 rings (SSSR count). The van der Waals surface area contributed by atoms with Gasteiger partial charge in [0.2, 0.25) is 5.91 Å². The topological polar surface area (TPSA) is 114 Å². The number of alkyl halides is 5. The van der Waals surface area contributed by atoms with E-state index in [-0.39, 0.29) is 23.8 Å². The van der Waals surface area contributed by atoms with Crippen molar-refractivity contribution in [3.8, 4) is 11.5 Å². The number of rotatable bonds is 11. The molecule has 1 heterocycles. The van der Waals surface area contributed by atoms with Gasteiger partial charge in [-0.2, -0.15) is 30.4 Å². The third-order valence-corrected chi connectivity index (χ3v) is 8.18. The number of aliphatic hydroxyl groups is 1. The largest absolute Gasteiger partial charge is 0.491 e. The molecule has 1 amide bonds. The molecule has 1 aliphatic heterocycles. The summed E-state index contributed by atoms with van der Waals surface area (Å²) in [5, 5.41) is 12.3. The molecule has 0 saturated carbocycles. The van der Waals surface area contributed by atoms with Crippen LogP contribution in [-0.4, -0.2) is 91.8 Å². The van der Waals surface area contributed by atoms with Crippen LogP contribution in [0.1, 0.15) is 101 Å². The summed E-state index contributed by atoms with van der Waals surface area (Å²) < 4.78 is 98.2. The number of benzene rings is 2. The highest BCUT2D eigenvalue weighted by Crippen LogP contribution is 2.37. The Kier molecular flexibility index (Phi) is 19.5. The Morgan fingerprint density at radius 3 is 1.49 bits per heavy atom. The molecule has 1 unspecified atom stereocenters. The van der Waals surface area contributed by atoms with Crippen LogP contribution in [0.3, 0.4) is 0 Å². The molecule has 1 aliphatic rings. The molecule has 9 nitrogen and oxygen atoms in total. The second-order valence-corrected chi connectivity index (χ2v) is 18.1. The van der Waals surface area contributed by atoms with Crippen LogP contribution in [0.2, 0.25) is 0 Å². The number of nitrogens with one attached hydrogen (secondary N) is 1. The minimum Gasteiger partial charge on any atom is -0.491 e. The number of amides is 1. The molecule has 2 aromatic carbocycles. The summed E-state index contributed by atoms with van der Waals surface area (Å²) in [4.78, 5) is 13.0. The lowest BCUT2D eigenvalue weighted by Gasteiger charge is -2.27. The third-order valence-electron chi connectivity index (χ3n) is 7.38. The maximum atomic E-state index is 13.0. The number of carbonyl (C=O) groups is 1. The molecule has 0 bridgehead atoms. The van der Waals surface area contributed by atoms with Crippen molar-refractivity contribution in [2.24, 2.45) is 0 Å². The highest BCUT2D eigenvalue weighted by molar-refractivity contribution is 7.86. The molecule has 0 spiro atoms. The molecule has 0 radical (unpaired) electrons. The lowest BCUT2D eigenvalue weighted by molar-refractivity contribution is -0.290. The van der Waals surface area contributed by atoms with Gasteiger partial charge in [-0.05, 0) is 110 Å². The minimum atomic E-state index is -5.65. The fourth-order valence-corrected chi connectivity index (χ4v) is 5.17. The third kappa shape index (κ3) is 22.8. The summed E-state index contributed by atoms with van der Waals surface area (Å²) in [5.74, 6) is -4.49. The van der Waals surface area contributed by atoms with Crippen molar-refractivity contribution in [3.05, 3.63) is 72.3 Å². The van der Waals surface area contributed by atoms with Crippen LogP contribution in [0.5, 0.6) is 11.5 Å². The molecular formula is C40H63F5N2O7S. The standard InChI is InChI=1S/C22H25F5O3.C7H13NO.C6H13N.C5H12O3S/c1-4-17(28)13-29-18-9-5-15(6-10-18)20(2,3)16-7-11-19(12-8-16)30-14-21(23,24)22(25,26)27;1-5-6(9)8-7(2,3)4;1-6(2,3)7-4-5-7;1-5(2,3)8-9(4,6)7/h5-12,17,28H,4,13-14H2,1-3H3;5H,1H2,2-4H3,(H,8,9);4-5H2,1-3H3;1-4H3. The van der Waals surface area contributed by atoms with Gasteiger partial charge in [-0.25, -0.2) is 0 Å². The van der Waals surface area contributed by atoms with Gasteiger partial charge in [0, 0.05) is 29.6 Å². The van der Waals surface area contributed by atoms with E-state index in [1.165, 1.54) is 31.3 Å². The zero-order valence-electron chi connectivity index (χ0n) is 34.7. The number of ether oxygens (including phenoxy) is 2. The molecule has 316 valence electrons. The Morgan fingerprint density at radius 1 is 0.836 bits per heavy atom. The predicted molar refractivity (Wildman–Crippen MR) is 208 cm³/mol. The van der Waals surface area contributed by atoms with Gasteiger partial charge in [0.25, 0.3) is 10.1 Å². The van der Waals surface area contributed by atoms with Crippen LogP contribution in [-0.2, 0) is 24.5 Å². The van der Waals surface area contributed by atoms with E-state index in [1.807, 2.05) is 53.7 Å². The predicted octanol–water partition coefficient (Wildman–Crippen LogP) is 8.69. The first-order valence-corrected chi connectivity index (χ1v) is 19.6. The van der Waals surface area contributed by atoms with Gasteiger partial charge in [-0.3, -0.25) is 13.9 Å². The van der Waals surface area contributed by atoms with Gasteiger partial charge in [0.1, 0.15) is 18.1 Å². The second-order valence-electron chi connectivity index (χ2n) is 16.5. The normalized spacial score (nSPS) is 14.4.